The molecular weight excluding hydrogens is 468 g/mol. The average molecular weight is 497 g/mol. The lowest BCUT2D eigenvalue weighted by Gasteiger charge is -2.34. The zero-order valence-corrected chi connectivity index (χ0v) is 20.4. The van der Waals surface area contributed by atoms with Crippen molar-refractivity contribution >= 4 is 28.7 Å². The monoisotopic (exact) mass is 496 g/mol. The normalized spacial score (nSPS) is 16.0. The number of amides is 3. The Morgan fingerprint density at radius 1 is 0.946 bits per heavy atom. The lowest BCUT2D eigenvalue weighted by atomic mass is 9.99. The van der Waals surface area contributed by atoms with Crippen LogP contribution in [0.5, 0.6) is 0 Å². The molecule has 0 spiro atoms. The van der Waals surface area contributed by atoms with Gasteiger partial charge >= 0.3 is 6.03 Å². The molecule has 2 N–H and O–H groups in total. The molecule has 0 radical (unpaired) electrons. The zero-order chi connectivity index (χ0) is 25.2. The predicted octanol–water partition coefficient (Wildman–Crippen LogP) is 2.90. The highest BCUT2D eigenvalue weighted by atomic mass is 16.2. The van der Waals surface area contributed by atoms with Crippen molar-refractivity contribution < 1.29 is 9.59 Å². The molecule has 1 saturated heterocycles. The first-order valence-electron chi connectivity index (χ1n) is 12.5. The van der Waals surface area contributed by atoms with Crippen LogP contribution in [-0.2, 0) is 19.5 Å². The molecule has 5 heterocycles. The number of anilines is 1. The highest BCUT2D eigenvalue weighted by molar-refractivity contribution is 5.97. The van der Waals surface area contributed by atoms with Gasteiger partial charge in [-0.05, 0) is 47.9 Å². The van der Waals surface area contributed by atoms with Gasteiger partial charge in [0.2, 0.25) is 0 Å². The van der Waals surface area contributed by atoms with Gasteiger partial charge in [-0.3, -0.25) is 19.8 Å². The zero-order valence-electron chi connectivity index (χ0n) is 20.4. The van der Waals surface area contributed by atoms with Crippen molar-refractivity contribution in [2.24, 2.45) is 0 Å². The summed E-state index contributed by atoms with van der Waals surface area (Å²) in [5, 5.41) is 11.0. The van der Waals surface area contributed by atoms with Crippen LogP contribution in [0.2, 0.25) is 0 Å². The fourth-order valence-electron chi connectivity index (χ4n) is 5.07. The van der Waals surface area contributed by atoms with E-state index in [2.05, 4.69) is 30.4 Å². The summed E-state index contributed by atoms with van der Waals surface area (Å²) in [6.07, 6.45) is 6.15. The highest BCUT2D eigenvalue weighted by Gasteiger charge is 2.25. The predicted molar refractivity (Wildman–Crippen MR) is 139 cm³/mol. The van der Waals surface area contributed by atoms with Crippen molar-refractivity contribution in [1.82, 2.24) is 34.9 Å². The SMILES string of the molecule is O=C(Nc1cccc(C(=O)N2CCN(Cc3ccccn3)CC2)c1)N1CCc2c(cnc3[nH]ncc23)C1. The van der Waals surface area contributed by atoms with E-state index in [1.807, 2.05) is 41.4 Å². The molecule has 0 unspecified atom stereocenters. The van der Waals surface area contributed by atoms with Crippen molar-refractivity contribution in [3.05, 3.63) is 83.4 Å². The molecule has 2 aliphatic rings. The van der Waals surface area contributed by atoms with E-state index in [4.69, 9.17) is 0 Å². The number of pyridine rings is 2. The number of nitrogens with zero attached hydrogens (tertiary/aromatic N) is 6. The summed E-state index contributed by atoms with van der Waals surface area (Å²) < 4.78 is 0. The van der Waals surface area contributed by atoms with Gasteiger partial charge in [0.05, 0.1) is 11.9 Å². The first-order valence-corrected chi connectivity index (χ1v) is 12.5. The number of H-pyrrole nitrogens is 1. The second-order valence-corrected chi connectivity index (χ2v) is 9.47. The van der Waals surface area contributed by atoms with E-state index in [1.54, 1.807) is 29.4 Å². The van der Waals surface area contributed by atoms with Crippen molar-refractivity contribution in [2.45, 2.75) is 19.5 Å². The maximum atomic E-state index is 13.2. The molecule has 3 aromatic heterocycles. The Kier molecular flexibility index (Phi) is 6.23. The molecule has 0 bridgehead atoms. The van der Waals surface area contributed by atoms with Crippen LogP contribution < -0.4 is 5.32 Å². The molecule has 10 heteroatoms. The highest BCUT2D eigenvalue weighted by Crippen LogP contribution is 2.25. The minimum Gasteiger partial charge on any atom is -0.336 e. The number of fused-ring (bicyclic) bond motifs is 3. The minimum atomic E-state index is -0.189. The summed E-state index contributed by atoms with van der Waals surface area (Å²) in [5.41, 5.74) is 5.21. The van der Waals surface area contributed by atoms with Gasteiger partial charge in [-0.1, -0.05) is 12.1 Å². The summed E-state index contributed by atoms with van der Waals surface area (Å²) in [7, 11) is 0. The summed E-state index contributed by atoms with van der Waals surface area (Å²) in [4.78, 5) is 41.0. The fourth-order valence-corrected chi connectivity index (χ4v) is 5.07. The summed E-state index contributed by atoms with van der Waals surface area (Å²) in [6.45, 7) is 4.79. The third-order valence-corrected chi connectivity index (χ3v) is 7.09. The van der Waals surface area contributed by atoms with Crippen LogP contribution in [0, 0.1) is 0 Å². The van der Waals surface area contributed by atoms with E-state index < -0.39 is 0 Å². The molecule has 37 heavy (non-hydrogen) atoms. The van der Waals surface area contributed by atoms with Crippen molar-refractivity contribution in [3.63, 3.8) is 0 Å². The molecule has 1 fully saturated rings. The molecule has 4 aromatic rings. The minimum absolute atomic E-state index is 0.0179. The lowest BCUT2D eigenvalue weighted by molar-refractivity contribution is 0.0627. The van der Waals surface area contributed by atoms with Gasteiger partial charge in [0, 0.05) is 74.8 Å². The van der Waals surface area contributed by atoms with Crippen LogP contribution in [0.1, 0.15) is 27.2 Å². The summed E-state index contributed by atoms with van der Waals surface area (Å²) >= 11 is 0. The number of aromatic nitrogens is 4. The molecule has 6 rings (SSSR count). The van der Waals surface area contributed by atoms with E-state index in [0.717, 1.165) is 48.3 Å². The number of benzene rings is 1. The third-order valence-electron chi connectivity index (χ3n) is 7.09. The number of carbonyl (C=O) groups is 2. The molecule has 0 atom stereocenters. The molecule has 1 aromatic carbocycles. The van der Waals surface area contributed by atoms with E-state index in [1.165, 1.54) is 5.56 Å². The van der Waals surface area contributed by atoms with Gasteiger partial charge in [-0.15, -0.1) is 0 Å². The number of nitrogens with one attached hydrogen (secondary N) is 2. The molecular formula is C27H28N8O2. The first-order chi connectivity index (χ1) is 18.1. The summed E-state index contributed by atoms with van der Waals surface area (Å²) in [6, 6.07) is 12.9. The van der Waals surface area contributed by atoms with Gasteiger partial charge in [0.15, 0.2) is 5.65 Å². The molecule has 0 saturated carbocycles. The van der Waals surface area contributed by atoms with Crippen LogP contribution in [0.4, 0.5) is 10.5 Å². The van der Waals surface area contributed by atoms with E-state index in [9.17, 15) is 9.59 Å². The van der Waals surface area contributed by atoms with Crippen LogP contribution in [0.3, 0.4) is 0 Å². The van der Waals surface area contributed by atoms with Gasteiger partial charge in [0.25, 0.3) is 5.91 Å². The molecule has 3 amide bonds. The fraction of sp³-hybridized carbons (Fsp3) is 0.296. The smallest absolute Gasteiger partial charge is 0.322 e. The van der Waals surface area contributed by atoms with Gasteiger partial charge in [-0.25, -0.2) is 9.78 Å². The van der Waals surface area contributed by atoms with Gasteiger partial charge in [-0.2, -0.15) is 5.10 Å². The number of aromatic amines is 1. The lowest BCUT2D eigenvalue weighted by Crippen LogP contribution is -2.48. The Bertz CT molecular complexity index is 1430. The Labute approximate surface area is 214 Å². The first kappa shape index (κ1) is 23.1. The topological polar surface area (TPSA) is 110 Å². The second kappa shape index (κ2) is 9.98. The van der Waals surface area contributed by atoms with Gasteiger partial charge < -0.3 is 15.1 Å². The Morgan fingerprint density at radius 3 is 2.68 bits per heavy atom. The number of hydrogen-bond acceptors (Lipinski definition) is 6. The molecule has 188 valence electrons. The van der Waals surface area contributed by atoms with Crippen LogP contribution in [0.15, 0.2) is 61.1 Å². The van der Waals surface area contributed by atoms with E-state index in [-0.39, 0.29) is 11.9 Å². The largest absolute Gasteiger partial charge is 0.336 e. The van der Waals surface area contributed by atoms with Crippen molar-refractivity contribution in [2.75, 3.05) is 38.0 Å². The van der Waals surface area contributed by atoms with Crippen LogP contribution >= 0.6 is 0 Å². The maximum Gasteiger partial charge on any atom is 0.322 e. The van der Waals surface area contributed by atoms with Crippen molar-refractivity contribution in [3.8, 4) is 0 Å². The Hall–Kier alpha value is -4.31. The van der Waals surface area contributed by atoms with Crippen molar-refractivity contribution in [1.29, 1.82) is 0 Å². The average Bonchev–Trinajstić information content (AvgIpc) is 3.43. The van der Waals surface area contributed by atoms with Crippen LogP contribution in [0.25, 0.3) is 11.0 Å². The number of hydrogen-bond donors (Lipinski definition) is 2. The maximum absolute atomic E-state index is 13.2. The number of piperazine rings is 1. The third kappa shape index (κ3) is 4.88. The second-order valence-electron chi connectivity index (χ2n) is 9.47. The standard InChI is InChI=1S/C27H28N8O2/c36-26(34-12-10-33(11-13-34)18-22-5-1-2-8-28-22)19-4-3-6-21(14-19)31-27(37)35-9-7-23-20(17-35)15-29-25-24(23)16-30-32-25/h1-6,8,14-16H,7,9-13,17-18H2,(H,31,37)(H,29,30,32). The quantitative estimate of drug-likeness (QED) is 0.450. The Balaban J connectivity index is 1.06. The summed E-state index contributed by atoms with van der Waals surface area (Å²) in [5.74, 6) is -0.0179. The number of carbonyl (C=O) groups excluding carboxylic acids is 2. The van der Waals surface area contributed by atoms with Crippen LogP contribution in [-0.4, -0.2) is 79.5 Å². The molecule has 0 aliphatic carbocycles. The molecule has 2 aliphatic heterocycles. The van der Waals surface area contributed by atoms with E-state index in [0.29, 0.717) is 37.4 Å². The Morgan fingerprint density at radius 2 is 1.84 bits per heavy atom. The number of rotatable bonds is 4. The molecule has 10 nitrogen and oxygen atoms in total. The van der Waals surface area contributed by atoms with Gasteiger partial charge in [0.1, 0.15) is 0 Å². The number of urea groups is 1. The van der Waals surface area contributed by atoms with E-state index >= 15 is 0 Å².